The molecule has 1 aliphatic heterocycles. The molecule has 8 heteroatoms. The Balaban J connectivity index is 1.38. The summed E-state index contributed by atoms with van der Waals surface area (Å²) in [6, 6.07) is 20.3. The maximum absolute atomic E-state index is 12.4. The number of hydrogen-bond donors (Lipinski definition) is 3. The van der Waals surface area contributed by atoms with Crippen LogP contribution in [0.4, 0.5) is 5.82 Å². The minimum absolute atomic E-state index is 0.0876. The van der Waals surface area contributed by atoms with Gasteiger partial charge in [0.05, 0.1) is 13.2 Å². The van der Waals surface area contributed by atoms with Gasteiger partial charge in [0.2, 0.25) is 0 Å². The summed E-state index contributed by atoms with van der Waals surface area (Å²) in [5.74, 6) is 0.0876. The Morgan fingerprint density at radius 3 is 2.44 bits per heavy atom. The van der Waals surface area contributed by atoms with E-state index < -0.39 is 36.8 Å². The summed E-state index contributed by atoms with van der Waals surface area (Å²) in [6.07, 6.45) is -2.40. The predicted molar refractivity (Wildman–Crippen MR) is 129 cm³/mol. The van der Waals surface area contributed by atoms with Crippen LogP contribution in [0, 0.1) is 0 Å². The molecule has 6 rings (SSSR count). The highest BCUT2D eigenvalue weighted by Gasteiger charge is 2.45. The van der Waals surface area contributed by atoms with Gasteiger partial charge in [-0.15, -0.1) is 0 Å². The molecule has 5 aromatic rings. The molecule has 1 aromatic heterocycles. The lowest BCUT2D eigenvalue weighted by molar-refractivity contribution is -0.0794. The molecule has 34 heavy (non-hydrogen) atoms. The number of nitrogen functional groups attached to an aromatic ring is 1. The number of ether oxygens (including phenoxy) is 2. The van der Waals surface area contributed by atoms with Gasteiger partial charge in [0.25, 0.3) is 0 Å². The van der Waals surface area contributed by atoms with E-state index in [0.717, 1.165) is 16.3 Å². The normalized spacial score (nSPS) is 22.9. The molecule has 0 amide bonds. The first-order chi connectivity index (χ1) is 16.5. The van der Waals surface area contributed by atoms with Gasteiger partial charge in [0.15, 0.2) is 6.23 Å². The third-order valence-electron chi connectivity index (χ3n) is 6.67. The largest absolute Gasteiger partial charge is 0.394 e. The van der Waals surface area contributed by atoms with Gasteiger partial charge >= 0.3 is 5.69 Å². The van der Waals surface area contributed by atoms with Crippen LogP contribution < -0.4 is 11.4 Å². The maximum Gasteiger partial charge on any atom is 0.351 e. The van der Waals surface area contributed by atoms with Gasteiger partial charge in [-0.1, -0.05) is 54.6 Å². The zero-order valence-electron chi connectivity index (χ0n) is 18.2. The maximum atomic E-state index is 12.4. The molecule has 0 bridgehead atoms. The quantitative estimate of drug-likeness (QED) is 0.347. The molecule has 0 radical (unpaired) electrons. The van der Waals surface area contributed by atoms with E-state index in [2.05, 4.69) is 53.5 Å². The number of aliphatic hydroxyl groups is 2. The molecule has 4 aromatic carbocycles. The molecule has 2 unspecified atom stereocenters. The number of nitrogens with zero attached hydrogens (tertiary/aromatic N) is 2. The zero-order chi connectivity index (χ0) is 23.4. The molecular formula is C26H23N3O5. The van der Waals surface area contributed by atoms with Crippen LogP contribution in [0.5, 0.6) is 0 Å². The molecule has 4 atom stereocenters. The minimum atomic E-state index is -1.13. The third-order valence-corrected chi connectivity index (χ3v) is 6.67. The number of aromatic nitrogens is 2. The Bertz CT molecular complexity index is 1550. The first-order valence-corrected chi connectivity index (χ1v) is 11.1. The Labute approximate surface area is 194 Å². The van der Waals surface area contributed by atoms with Crippen molar-refractivity contribution in [1.29, 1.82) is 0 Å². The Morgan fingerprint density at radius 1 is 1.00 bits per heavy atom. The number of aliphatic hydroxyl groups excluding tert-OH is 2. The second kappa shape index (κ2) is 8.03. The van der Waals surface area contributed by atoms with Crippen molar-refractivity contribution in [3.63, 3.8) is 0 Å². The molecule has 2 heterocycles. The van der Waals surface area contributed by atoms with Crippen LogP contribution in [0.1, 0.15) is 11.8 Å². The molecule has 4 N–H and O–H groups in total. The van der Waals surface area contributed by atoms with Crippen LogP contribution >= 0.6 is 0 Å². The van der Waals surface area contributed by atoms with Gasteiger partial charge in [-0.2, -0.15) is 4.98 Å². The molecule has 0 spiro atoms. The zero-order valence-corrected chi connectivity index (χ0v) is 18.2. The number of hydrogen-bond acceptors (Lipinski definition) is 7. The Hall–Kier alpha value is -3.56. The fraction of sp³-hybridized carbons (Fsp3) is 0.231. The van der Waals surface area contributed by atoms with Crippen molar-refractivity contribution in [2.75, 3.05) is 12.3 Å². The van der Waals surface area contributed by atoms with Crippen LogP contribution in [0.25, 0.3) is 32.3 Å². The summed E-state index contributed by atoms with van der Waals surface area (Å²) in [6.45, 7) is -0.224. The summed E-state index contributed by atoms with van der Waals surface area (Å²) < 4.78 is 13.2. The minimum Gasteiger partial charge on any atom is -0.394 e. The van der Waals surface area contributed by atoms with E-state index in [-0.39, 0.29) is 12.4 Å². The fourth-order valence-electron chi connectivity index (χ4n) is 5.00. The SMILES string of the molecule is Nc1ccn([C@@H]2O[C@H](CO)C(O)C2OCc2ccc3ccc4cccc5ccc2c3c45)c(=O)n1. The van der Waals surface area contributed by atoms with Crippen molar-refractivity contribution in [3.8, 4) is 0 Å². The van der Waals surface area contributed by atoms with E-state index in [9.17, 15) is 15.0 Å². The summed E-state index contributed by atoms with van der Waals surface area (Å²) in [5, 5.41) is 27.4. The van der Waals surface area contributed by atoms with Crippen molar-refractivity contribution < 1.29 is 19.7 Å². The average molecular weight is 457 g/mol. The van der Waals surface area contributed by atoms with E-state index in [1.165, 1.54) is 38.4 Å². The van der Waals surface area contributed by atoms with Crippen LogP contribution in [-0.4, -0.2) is 44.7 Å². The lowest BCUT2D eigenvalue weighted by Crippen LogP contribution is -2.38. The van der Waals surface area contributed by atoms with Crippen LogP contribution in [0.2, 0.25) is 0 Å². The lowest BCUT2D eigenvalue weighted by Gasteiger charge is -2.23. The van der Waals surface area contributed by atoms with Gasteiger partial charge < -0.3 is 25.4 Å². The number of rotatable bonds is 5. The van der Waals surface area contributed by atoms with E-state index in [1.807, 2.05) is 6.07 Å². The van der Waals surface area contributed by atoms with E-state index in [0.29, 0.717) is 0 Å². The molecular weight excluding hydrogens is 434 g/mol. The summed E-state index contributed by atoms with van der Waals surface area (Å²) in [4.78, 5) is 16.1. The van der Waals surface area contributed by atoms with Crippen molar-refractivity contribution in [3.05, 3.63) is 82.9 Å². The molecule has 1 saturated heterocycles. The highest BCUT2D eigenvalue weighted by molar-refractivity contribution is 6.23. The topological polar surface area (TPSA) is 120 Å². The summed E-state index contributed by atoms with van der Waals surface area (Å²) >= 11 is 0. The smallest absolute Gasteiger partial charge is 0.351 e. The van der Waals surface area contributed by atoms with E-state index in [4.69, 9.17) is 15.2 Å². The molecule has 1 aliphatic rings. The second-order valence-corrected chi connectivity index (χ2v) is 8.64. The monoisotopic (exact) mass is 457 g/mol. The van der Waals surface area contributed by atoms with Gasteiger partial charge in [-0.3, -0.25) is 4.57 Å². The van der Waals surface area contributed by atoms with Gasteiger partial charge in [-0.25, -0.2) is 4.79 Å². The third kappa shape index (κ3) is 3.23. The van der Waals surface area contributed by atoms with Crippen LogP contribution in [0.3, 0.4) is 0 Å². The highest BCUT2D eigenvalue weighted by Crippen LogP contribution is 2.37. The Morgan fingerprint density at radius 2 is 1.71 bits per heavy atom. The first kappa shape index (κ1) is 21.0. The number of nitrogens with two attached hydrogens (primary N) is 1. The predicted octanol–water partition coefficient (Wildman–Crippen LogP) is 2.56. The van der Waals surface area contributed by atoms with Gasteiger partial charge in [0.1, 0.15) is 24.1 Å². The van der Waals surface area contributed by atoms with Crippen molar-refractivity contribution in [1.82, 2.24) is 9.55 Å². The molecule has 1 fully saturated rings. The van der Waals surface area contributed by atoms with Crippen molar-refractivity contribution in [2.24, 2.45) is 0 Å². The summed E-state index contributed by atoms with van der Waals surface area (Å²) in [5.41, 5.74) is 5.94. The summed E-state index contributed by atoms with van der Waals surface area (Å²) in [7, 11) is 0. The molecule has 0 aliphatic carbocycles. The average Bonchev–Trinajstić information content (AvgIpc) is 3.16. The lowest BCUT2D eigenvalue weighted by atomic mass is 9.92. The molecule has 172 valence electrons. The van der Waals surface area contributed by atoms with E-state index in [1.54, 1.807) is 0 Å². The van der Waals surface area contributed by atoms with Crippen molar-refractivity contribution in [2.45, 2.75) is 31.1 Å². The standard InChI is InChI=1S/C26H23N3O5/c27-20-10-11-29(26(32)28-20)25-24(23(31)19(12-30)34-25)33-13-17-7-6-16-5-4-14-2-1-3-15-8-9-18(17)22(16)21(14)15/h1-11,19,23-25,30-31H,12-13H2,(H2,27,28,32)/t19-,23?,24?,25-/m1/s1. The van der Waals surface area contributed by atoms with Crippen LogP contribution in [0.15, 0.2) is 71.7 Å². The fourth-order valence-corrected chi connectivity index (χ4v) is 5.00. The Kier molecular flexibility index (Phi) is 4.96. The van der Waals surface area contributed by atoms with Crippen molar-refractivity contribution >= 4 is 38.1 Å². The number of anilines is 1. The van der Waals surface area contributed by atoms with Gasteiger partial charge in [0, 0.05) is 6.20 Å². The first-order valence-electron chi connectivity index (χ1n) is 11.1. The highest BCUT2D eigenvalue weighted by atomic mass is 16.6. The molecule has 0 saturated carbocycles. The van der Waals surface area contributed by atoms with Gasteiger partial charge in [-0.05, 0) is 43.9 Å². The van der Waals surface area contributed by atoms with Crippen LogP contribution in [-0.2, 0) is 16.1 Å². The second-order valence-electron chi connectivity index (χ2n) is 8.64. The van der Waals surface area contributed by atoms with E-state index >= 15 is 0 Å². The number of benzene rings is 4. The molecule has 8 nitrogen and oxygen atoms in total.